The van der Waals surface area contributed by atoms with Crippen LogP contribution in [0.5, 0.6) is 0 Å². The van der Waals surface area contributed by atoms with Crippen molar-refractivity contribution in [1.29, 1.82) is 0 Å². The zero-order valence-electron chi connectivity index (χ0n) is 14.7. The average Bonchev–Trinajstić information content (AvgIpc) is 2.62. The molecule has 2 aromatic carbocycles. The number of carbonyl (C=O) groups is 3. The Labute approximate surface area is 152 Å². The molecule has 0 aromatic heterocycles. The summed E-state index contributed by atoms with van der Waals surface area (Å²) in [7, 11) is 0. The number of hydrogen-bond donors (Lipinski definition) is 2. The number of amides is 3. The van der Waals surface area contributed by atoms with Gasteiger partial charge in [-0.05, 0) is 31.0 Å². The maximum atomic E-state index is 13.1. The molecule has 0 saturated heterocycles. The summed E-state index contributed by atoms with van der Waals surface area (Å²) in [6, 6.07) is 13.2. The SMILES string of the molecule is CC(=O)c1ccc2c(c1)N([C@@H](C)c1ccccc1)C(=O)[C@H](NC(N)=O)C2. The van der Waals surface area contributed by atoms with Gasteiger partial charge in [0, 0.05) is 17.7 Å². The van der Waals surface area contributed by atoms with Crippen molar-refractivity contribution in [2.24, 2.45) is 5.73 Å². The molecule has 134 valence electrons. The van der Waals surface area contributed by atoms with Crippen LogP contribution in [-0.2, 0) is 11.2 Å². The molecule has 0 aliphatic carbocycles. The second-order valence-corrected chi connectivity index (χ2v) is 6.46. The maximum absolute atomic E-state index is 13.1. The lowest BCUT2D eigenvalue weighted by molar-refractivity contribution is -0.121. The second kappa shape index (κ2) is 7.00. The molecule has 1 heterocycles. The lowest BCUT2D eigenvalue weighted by Gasteiger charge is -2.38. The van der Waals surface area contributed by atoms with Crippen molar-refractivity contribution in [3.05, 3.63) is 65.2 Å². The fraction of sp³-hybridized carbons (Fsp3) is 0.250. The van der Waals surface area contributed by atoms with Gasteiger partial charge in [-0.1, -0.05) is 42.5 Å². The summed E-state index contributed by atoms with van der Waals surface area (Å²) >= 11 is 0. The van der Waals surface area contributed by atoms with Crippen LogP contribution in [0, 0.1) is 0 Å². The molecule has 0 bridgehead atoms. The van der Waals surface area contributed by atoms with Crippen molar-refractivity contribution in [1.82, 2.24) is 5.32 Å². The number of rotatable bonds is 4. The third kappa shape index (κ3) is 3.31. The number of primary amides is 1. The van der Waals surface area contributed by atoms with E-state index in [2.05, 4.69) is 5.32 Å². The van der Waals surface area contributed by atoms with Gasteiger partial charge >= 0.3 is 6.03 Å². The van der Waals surface area contributed by atoms with Crippen molar-refractivity contribution in [2.75, 3.05) is 4.90 Å². The van der Waals surface area contributed by atoms with Gasteiger partial charge in [0.15, 0.2) is 5.78 Å². The Hall–Kier alpha value is -3.15. The minimum atomic E-state index is -0.737. The van der Waals surface area contributed by atoms with Crippen LogP contribution >= 0.6 is 0 Å². The summed E-state index contributed by atoms with van der Waals surface area (Å²) < 4.78 is 0. The van der Waals surface area contributed by atoms with Crippen molar-refractivity contribution in [3.63, 3.8) is 0 Å². The minimum absolute atomic E-state index is 0.0649. The number of fused-ring (bicyclic) bond motifs is 1. The highest BCUT2D eigenvalue weighted by atomic mass is 16.2. The molecule has 26 heavy (non-hydrogen) atoms. The Kier molecular flexibility index (Phi) is 4.75. The topological polar surface area (TPSA) is 92.5 Å². The smallest absolute Gasteiger partial charge is 0.312 e. The van der Waals surface area contributed by atoms with E-state index in [4.69, 9.17) is 5.73 Å². The predicted molar refractivity (Wildman–Crippen MR) is 99.0 cm³/mol. The van der Waals surface area contributed by atoms with Gasteiger partial charge in [-0.2, -0.15) is 0 Å². The molecule has 2 atom stereocenters. The van der Waals surface area contributed by atoms with Crippen molar-refractivity contribution >= 4 is 23.4 Å². The number of benzene rings is 2. The standard InChI is InChI=1S/C20H21N3O3/c1-12(14-6-4-3-5-7-14)23-18-11-15(13(2)24)8-9-16(18)10-17(19(23)25)22-20(21)26/h3-9,11-12,17H,10H2,1-2H3,(H3,21,22,26)/t12-,17+/m0/s1. The number of nitrogens with zero attached hydrogens (tertiary/aromatic N) is 1. The summed E-state index contributed by atoms with van der Waals surface area (Å²) in [4.78, 5) is 37.8. The molecular weight excluding hydrogens is 330 g/mol. The van der Waals surface area contributed by atoms with E-state index < -0.39 is 12.1 Å². The molecule has 6 heteroatoms. The first-order chi connectivity index (χ1) is 12.4. The second-order valence-electron chi connectivity index (χ2n) is 6.46. The van der Waals surface area contributed by atoms with Gasteiger partial charge in [0.05, 0.1) is 6.04 Å². The molecule has 1 aliphatic heterocycles. The first-order valence-electron chi connectivity index (χ1n) is 8.46. The molecule has 0 saturated carbocycles. The Bertz CT molecular complexity index is 864. The number of hydrogen-bond acceptors (Lipinski definition) is 3. The van der Waals surface area contributed by atoms with E-state index in [1.54, 1.807) is 17.0 Å². The molecule has 0 radical (unpaired) electrons. The van der Waals surface area contributed by atoms with Crippen LogP contribution in [0.1, 0.15) is 41.4 Å². The molecule has 3 rings (SSSR count). The van der Waals surface area contributed by atoms with E-state index in [-0.39, 0.29) is 17.7 Å². The Balaban J connectivity index is 2.09. The monoisotopic (exact) mass is 351 g/mol. The lowest BCUT2D eigenvalue weighted by atomic mass is 9.92. The van der Waals surface area contributed by atoms with Gasteiger partial charge in [0.2, 0.25) is 0 Å². The summed E-state index contributed by atoms with van der Waals surface area (Å²) in [5.41, 5.74) is 8.32. The fourth-order valence-corrected chi connectivity index (χ4v) is 3.34. The van der Waals surface area contributed by atoms with Gasteiger partial charge in [0.1, 0.15) is 6.04 Å². The number of ketones is 1. The number of anilines is 1. The predicted octanol–water partition coefficient (Wildman–Crippen LogP) is 2.58. The van der Waals surface area contributed by atoms with E-state index in [9.17, 15) is 14.4 Å². The summed E-state index contributed by atoms with van der Waals surface area (Å²) in [6.45, 7) is 3.42. The van der Waals surface area contributed by atoms with Gasteiger partial charge in [-0.15, -0.1) is 0 Å². The highest BCUT2D eigenvalue weighted by Crippen LogP contribution is 2.35. The van der Waals surface area contributed by atoms with Crippen molar-refractivity contribution < 1.29 is 14.4 Å². The van der Waals surface area contributed by atoms with Gasteiger partial charge in [0.25, 0.3) is 5.91 Å². The zero-order valence-corrected chi connectivity index (χ0v) is 14.7. The van der Waals surface area contributed by atoms with Crippen molar-refractivity contribution in [3.8, 4) is 0 Å². The molecule has 0 spiro atoms. The molecule has 3 amide bonds. The summed E-state index contributed by atoms with van der Waals surface area (Å²) in [5.74, 6) is -0.307. The van der Waals surface area contributed by atoms with E-state index in [0.717, 1.165) is 11.1 Å². The van der Waals surface area contributed by atoms with E-state index in [1.165, 1.54) is 6.92 Å². The summed E-state index contributed by atoms with van der Waals surface area (Å²) in [6.07, 6.45) is 0.341. The third-order valence-corrected chi connectivity index (χ3v) is 4.70. The van der Waals surface area contributed by atoms with Crippen LogP contribution in [0.2, 0.25) is 0 Å². The minimum Gasteiger partial charge on any atom is -0.352 e. The van der Waals surface area contributed by atoms with Crippen molar-refractivity contribution in [2.45, 2.75) is 32.4 Å². The van der Waals surface area contributed by atoms with E-state index >= 15 is 0 Å². The lowest BCUT2D eigenvalue weighted by Crippen LogP contribution is -2.54. The molecule has 0 fully saturated rings. The number of nitrogens with one attached hydrogen (secondary N) is 1. The van der Waals surface area contributed by atoms with Crippen LogP contribution in [0.4, 0.5) is 10.5 Å². The fourth-order valence-electron chi connectivity index (χ4n) is 3.34. The maximum Gasteiger partial charge on any atom is 0.312 e. The number of nitrogens with two attached hydrogens (primary N) is 1. The largest absolute Gasteiger partial charge is 0.352 e. The molecule has 6 nitrogen and oxygen atoms in total. The first kappa shape index (κ1) is 17.7. The quantitative estimate of drug-likeness (QED) is 0.829. The number of urea groups is 1. The number of Topliss-reactive ketones (excluding diaryl/α,β-unsaturated/α-hetero) is 1. The Morgan fingerprint density at radius 1 is 1.19 bits per heavy atom. The highest BCUT2D eigenvalue weighted by molar-refractivity contribution is 6.04. The molecular formula is C20H21N3O3. The van der Waals surface area contributed by atoms with Gasteiger partial charge in [-0.25, -0.2) is 4.79 Å². The highest BCUT2D eigenvalue weighted by Gasteiger charge is 2.36. The molecule has 2 aromatic rings. The van der Waals surface area contributed by atoms with Crippen LogP contribution in [-0.4, -0.2) is 23.8 Å². The summed E-state index contributed by atoms with van der Waals surface area (Å²) in [5, 5.41) is 2.53. The molecule has 0 unspecified atom stereocenters. The Morgan fingerprint density at radius 2 is 1.88 bits per heavy atom. The van der Waals surface area contributed by atoms with Gasteiger partial charge in [-0.3, -0.25) is 9.59 Å². The van der Waals surface area contributed by atoms with E-state index in [1.807, 2.05) is 43.3 Å². The average molecular weight is 351 g/mol. The normalized spacial score (nSPS) is 17.4. The zero-order chi connectivity index (χ0) is 18.8. The third-order valence-electron chi connectivity index (χ3n) is 4.70. The van der Waals surface area contributed by atoms with E-state index in [0.29, 0.717) is 17.7 Å². The first-order valence-corrected chi connectivity index (χ1v) is 8.46. The number of carbonyl (C=O) groups excluding carboxylic acids is 3. The molecule has 3 N–H and O–H groups in total. The van der Waals surface area contributed by atoms with Gasteiger partial charge < -0.3 is 16.0 Å². The van der Waals surface area contributed by atoms with Crippen LogP contribution in [0.15, 0.2) is 48.5 Å². The van der Waals surface area contributed by atoms with Crippen LogP contribution in [0.25, 0.3) is 0 Å². The Morgan fingerprint density at radius 3 is 2.50 bits per heavy atom. The molecule has 1 aliphatic rings. The van der Waals surface area contributed by atoms with Crippen LogP contribution in [0.3, 0.4) is 0 Å². The van der Waals surface area contributed by atoms with Crippen LogP contribution < -0.4 is 16.0 Å².